The van der Waals surface area contributed by atoms with Gasteiger partial charge in [0.05, 0.1) is 6.54 Å². The monoisotopic (exact) mass is 622 g/mol. The highest BCUT2D eigenvalue weighted by atomic mass is 16.5. The lowest BCUT2D eigenvalue weighted by Gasteiger charge is -2.27. The van der Waals surface area contributed by atoms with Crippen LogP contribution >= 0.6 is 0 Å². The van der Waals surface area contributed by atoms with Gasteiger partial charge in [-0.1, -0.05) is 98.0 Å². The molecule has 11 nitrogen and oxygen atoms in total. The van der Waals surface area contributed by atoms with Crippen molar-refractivity contribution in [1.29, 1.82) is 0 Å². The first kappa shape index (κ1) is 40.8. The molecule has 0 aromatic heterocycles. The summed E-state index contributed by atoms with van der Waals surface area (Å²) in [5.74, 6) is -3.05. The van der Waals surface area contributed by atoms with Gasteiger partial charge in [0.15, 0.2) is 12.1 Å². The maximum Gasteiger partial charge on any atom is 0.332 e. The molecule has 4 unspecified atom stereocenters. The Bertz CT molecular complexity index is 922. The fraction of sp³-hybridized carbons (Fsp3) is 0.727. The highest BCUT2D eigenvalue weighted by Gasteiger charge is 2.36. The van der Waals surface area contributed by atoms with Crippen molar-refractivity contribution in [2.75, 3.05) is 20.6 Å². The third kappa shape index (κ3) is 19.1. The summed E-state index contributed by atoms with van der Waals surface area (Å²) < 4.78 is 5.52. The number of likely N-dealkylation sites (N-methyl/N-ethyl adjacent to an activating group) is 2. The van der Waals surface area contributed by atoms with Crippen LogP contribution in [0, 0.1) is 11.8 Å². The third-order valence-electron chi connectivity index (χ3n) is 7.60. The van der Waals surface area contributed by atoms with Gasteiger partial charge in [0.2, 0.25) is 17.7 Å². The number of hydrogen-bond acceptors (Lipinski definition) is 8. The molecular weight excluding hydrogens is 564 g/mol. The standard InChI is InChI=1S/C33H58N4O7/c1-24(2)17-15-13-11-9-7-8-10-12-14-16-18-25(3)27(21-22-38)44-33(43)30(31(41)32(34)42)36-28(39)23-37(6)29(40)20-19-26(4)35-5/h19-20,22,24-25,27,30-31,35,41H,4,7-18,21,23H2,1-3,5-6H3,(H2,34,42)(H,36,39)/b20-19+. The van der Waals surface area contributed by atoms with Crippen molar-refractivity contribution in [3.8, 4) is 0 Å². The van der Waals surface area contributed by atoms with E-state index in [0.717, 1.165) is 36.5 Å². The van der Waals surface area contributed by atoms with E-state index in [0.29, 0.717) is 12.0 Å². The minimum absolute atomic E-state index is 0.0705. The molecule has 0 radical (unpaired) electrons. The Hall–Kier alpha value is -3.21. The first-order chi connectivity index (χ1) is 20.8. The molecule has 0 aromatic rings. The summed E-state index contributed by atoms with van der Waals surface area (Å²) in [6, 6.07) is -1.81. The predicted molar refractivity (Wildman–Crippen MR) is 172 cm³/mol. The molecule has 11 heteroatoms. The second-order valence-corrected chi connectivity index (χ2v) is 12.1. The molecule has 252 valence electrons. The van der Waals surface area contributed by atoms with Crippen LogP contribution in [0.2, 0.25) is 0 Å². The van der Waals surface area contributed by atoms with Gasteiger partial charge in [0.1, 0.15) is 12.4 Å². The molecule has 0 bridgehead atoms. The van der Waals surface area contributed by atoms with Gasteiger partial charge in [0, 0.05) is 32.3 Å². The summed E-state index contributed by atoms with van der Waals surface area (Å²) >= 11 is 0. The molecule has 0 spiro atoms. The molecule has 0 heterocycles. The summed E-state index contributed by atoms with van der Waals surface area (Å²) in [7, 11) is 3.00. The Labute approximate surface area is 264 Å². The fourth-order valence-electron chi connectivity index (χ4n) is 4.66. The normalized spacial score (nSPS) is 14.0. The Morgan fingerprint density at radius 2 is 1.43 bits per heavy atom. The number of nitrogens with zero attached hydrogens (tertiary/aromatic N) is 1. The Kier molecular flexibility index (Phi) is 22.4. The number of aliphatic hydroxyl groups excluding tert-OH is 1. The number of nitrogens with two attached hydrogens (primary N) is 1. The van der Waals surface area contributed by atoms with Crippen molar-refractivity contribution >= 4 is 30.0 Å². The smallest absolute Gasteiger partial charge is 0.332 e. The maximum atomic E-state index is 13.0. The molecule has 44 heavy (non-hydrogen) atoms. The molecule has 0 saturated carbocycles. The van der Waals surface area contributed by atoms with Crippen molar-refractivity contribution in [2.45, 2.75) is 122 Å². The Morgan fingerprint density at radius 1 is 0.909 bits per heavy atom. The van der Waals surface area contributed by atoms with E-state index in [4.69, 9.17) is 10.5 Å². The summed E-state index contributed by atoms with van der Waals surface area (Å²) in [5, 5.41) is 15.3. The quantitative estimate of drug-likeness (QED) is 0.0373. The molecule has 0 aromatic carbocycles. The average Bonchev–Trinajstić information content (AvgIpc) is 2.97. The lowest BCUT2D eigenvalue weighted by molar-refractivity contribution is -0.161. The second kappa shape index (κ2) is 24.2. The van der Waals surface area contributed by atoms with Crippen LogP contribution in [0.4, 0.5) is 0 Å². The van der Waals surface area contributed by atoms with E-state index < -0.39 is 48.5 Å². The number of unbranched alkanes of at least 4 members (excludes halogenated alkanes) is 9. The number of aldehydes is 1. The molecule has 0 rings (SSSR count). The average molecular weight is 623 g/mol. The van der Waals surface area contributed by atoms with Crippen molar-refractivity contribution in [2.24, 2.45) is 17.6 Å². The highest BCUT2D eigenvalue weighted by Crippen LogP contribution is 2.20. The molecule has 0 fully saturated rings. The highest BCUT2D eigenvalue weighted by molar-refractivity contribution is 5.94. The Morgan fingerprint density at radius 3 is 1.91 bits per heavy atom. The molecular formula is C33H58N4O7. The van der Waals surface area contributed by atoms with E-state index in [1.165, 1.54) is 70.6 Å². The number of aliphatic hydroxyl groups is 1. The predicted octanol–water partition coefficient (Wildman–Crippen LogP) is 3.54. The third-order valence-corrected chi connectivity index (χ3v) is 7.60. The minimum Gasteiger partial charge on any atom is -0.460 e. The van der Waals surface area contributed by atoms with Gasteiger partial charge in [-0.15, -0.1) is 0 Å². The zero-order chi connectivity index (χ0) is 33.5. The van der Waals surface area contributed by atoms with Crippen LogP contribution in [0.1, 0.15) is 104 Å². The number of amides is 3. The second-order valence-electron chi connectivity index (χ2n) is 12.1. The van der Waals surface area contributed by atoms with Gasteiger partial charge in [0.25, 0.3) is 0 Å². The van der Waals surface area contributed by atoms with Crippen molar-refractivity contribution in [3.05, 3.63) is 24.4 Å². The first-order valence-electron chi connectivity index (χ1n) is 16.0. The van der Waals surface area contributed by atoms with Crippen molar-refractivity contribution in [3.63, 3.8) is 0 Å². The molecule has 0 aliphatic heterocycles. The van der Waals surface area contributed by atoms with Crippen LogP contribution in [-0.2, 0) is 28.7 Å². The van der Waals surface area contributed by atoms with E-state index in [1.807, 2.05) is 6.92 Å². The zero-order valence-corrected chi connectivity index (χ0v) is 27.6. The molecule has 4 atom stereocenters. The van der Waals surface area contributed by atoms with Crippen LogP contribution in [0.25, 0.3) is 0 Å². The molecule has 0 aliphatic rings. The molecule has 0 saturated heterocycles. The lowest BCUT2D eigenvalue weighted by atomic mass is 9.94. The lowest BCUT2D eigenvalue weighted by Crippen LogP contribution is -2.56. The van der Waals surface area contributed by atoms with Crippen LogP contribution in [0.15, 0.2) is 24.4 Å². The summed E-state index contributed by atoms with van der Waals surface area (Å²) in [4.78, 5) is 61.9. The molecule has 3 amide bonds. The number of carbonyl (C=O) groups excluding carboxylic acids is 5. The number of hydrogen-bond donors (Lipinski definition) is 4. The van der Waals surface area contributed by atoms with Gasteiger partial charge in [-0.2, -0.15) is 0 Å². The maximum absolute atomic E-state index is 13.0. The van der Waals surface area contributed by atoms with E-state index >= 15 is 0 Å². The largest absolute Gasteiger partial charge is 0.460 e. The fourth-order valence-corrected chi connectivity index (χ4v) is 4.66. The van der Waals surface area contributed by atoms with E-state index in [9.17, 15) is 29.1 Å². The van der Waals surface area contributed by atoms with E-state index in [2.05, 4.69) is 31.1 Å². The van der Waals surface area contributed by atoms with Crippen LogP contribution in [0.3, 0.4) is 0 Å². The van der Waals surface area contributed by atoms with Gasteiger partial charge in [-0.25, -0.2) is 4.79 Å². The van der Waals surface area contributed by atoms with Gasteiger partial charge in [-0.3, -0.25) is 14.4 Å². The van der Waals surface area contributed by atoms with Gasteiger partial charge < -0.3 is 35.9 Å². The zero-order valence-electron chi connectivity index (χ0n) is 27.6. The number of rotatable bonds is 26. The molecule has 5 N–H and O–H groups in total. The number of allylic oxidation sites excluding steroid dienone is 1. The topological polar surface area (TPSA) is 168 Å². The van der Waals surface area contributed by atoms with Gasteiger partial charge >= 0.3 is 5.97 Å². The Balaban J connectivity index is 4.82. The van der Waals surface area contributed by atoms with E-state index in [-0.39, 0.29) is 12.3 Å². The number of carbonyl (C=O) groups is 5. The van der Waals surface area contributed by atoms with Crippen LogP contribution in [-0.4, -0.2) is 78.9 Å². The number of nitrogens with one attached hydrogen (secondary N) is 2. The number of ether oxygens (including phenoxy) is 1. The van der Waals surface area contributed by atoms with Crippen LogP contribution < -0.4 is 16.4 Å². The number of primary amides is 1. The van der Waals surface area contributed by atoms with Gasteiger partial charge in [-0.05, 0) is 24.3 Å². The SMILES string of the molecule is C=C(/C=C/C(=O)N(C)CC(=O)NC(C(=O)OC(CC=O)C(C)CCCCCCCCCCCCC(C)C)C(O)C(N)=O)NC. The van der Waals surface area contributed by atoms with Crippen molar-refractivity contribution in [1.82, 2.24) is 15.5 Å². The summed E-state index contributed by atoms with van der Waals surface area (Å²) in [6.07, 6.45) is 14.4. The summed E-state index contributed by atoms with van der Waals surface area (Å²) in [5.41, 5.74) is 5.68. The first-order valence-corrected chi connectivity index (χ1v) is 16.0. The van der Waals surface area contributed by atoms with E-state index in [1.54, 1.807) is 7.05 Å². The molecule has 0 aliphatic carbocycles. The van der Waals surface area contributed by atoms with Crippen molar-refractivity contribution < 1.29 is 33.8 Å². The minimum atomic E-state index is -2.07. The number of esters is 1. The van der Waals surface area contributed by atoms with Crippen LogP contribution in [0.5, 0.6) is 0 Å². The summed E-state index contributed by atoms with van der Waals surface area (Å²) in [6.45, 7) is 9.59.